The molecule has 1 aromatic rings. The number of halogens is 1. The zero-order chi connectivity index (χ0) is 10.7. The van der Waals surface area contributed by atoms with Gasteiger partial charge in [-0.2, -0.15) is 0 Å². The average molecular weight is 208 g/mol. The fourth-order valence-electron chi connectivity index (χ4n) is 1.88. The van der Waals surface area contributed by atoms with Gasteiger partial charge in [-0.3, -0.25) is 4.90 Å². The standard InChI is InChI=1S/C12H17FN2/c1-2-15(11-7-14-8-11)9-10-5-3-4-6-12(10)13/h3-6,11,14H,2,7-9H2,1H3. The fourth-order valence-corrected chi connectivity index (χ4v) is 1.88. The Kier molecular flexibility index (Phi) is 3.34. The highest BCUT2D eigenvalue weighted by Gasteiger charge is 2.23. The van der Waals surface area contributed by atoms with Crippen molar-refractivity contribution in [1.29, 1.82) is 0 Å². The second-order valence-electron chi connectivity index (χ2n) is 3.97. The van der Waals surface area contributed by atoms with E-state index in [0.717, 1.165) is 31.7 Å². The summed E-state index contributed by atoms with van der Waals surface area (Å²) in [5, 5.41) is 3.24. The summed E-state index contributed by atoms with van der Waals surface area (Å²) in [6.45, 7) is 5.87. The van der Waals surface area contributed by atoms with Crippen molar-refractivity contribution in [2.75, 3.05) is 19.6 Å². The maximum absolute atomic E-state index is 13.4. The van der Waals surface area contributed by atoms with Crippen LogP contribution in [0.1, 0.15) is 12.5 Å². The molecule has 1 aliphatic heterocycles. The molecule has 15 heavy (non-hydrogen) atoms. The Morgan fingerprint density at radius 1 is 1.40 bits per heavy atom. The van der Waals surface area contributed by atoms with Gasteiger partial charge in [-0.25, -0.2) is 4.39 Å². The molecule has 1 aromatic carbocycles. The first-order valence-electron chi connectivity index (χ1n) is 5.49. The van der Waals surface area contributed by atoms with Gasteiger partial charge in [-0.1, -0.05) is 25.1 Å². The largest absolute Gasteiger partial charge is 0.314 e. The number of rotatable bonds is 4. The Hall–Kier alpha value is -0.930. The van der Waals surface area contributed by atoms with Gasteiger partial charge in [0, 0.05) is 31.2 Å². The van der Waals surface area contributed by atoms with Crippen LogP contribution in [0.25, 0.3) is 0 Å². The fraction of sp³-hybridized carbons (Fsp3) is 0.500. The van der Waals surface area contributed by atoms with Crippen LogP contribution >= 0.6 is 0 Å². The van der Waals surface area contributed by atoms with Crippen LogP contribution in [0.4, 0.5) is 4.39 Å². The Balaban J connectivity index is 2.02. The number of nitrogens with one attached hydrogen (secondary N) is 1. The van der Waals surface area contributed by atoms with Gasteiger partial charge in [-0.05, 0) is 12.6 Å². The lowest BCUT2D eigenvalue weighted by molar-refractivity contribution is 0.143. The van der Waals surface area contributed by atoms with Gasteiger partial charge in [-0.15, -0.1) is 0 Å². The average Bonchev–Trinajstić information content (AvgIpc) is 2.17. The quantitative estimate of drug-likeness (QED) is 0.809. The number of likely N-dealkylation sites (N-methyl/N-ethyl adjacent to an activating group) is 1. The smallest absolute Gasteiger partial charge is 0.127 e. The van der Waals surface area contributed by atoms with Gasteiger partial charge in [0.15, 0.2) is 0 Å². The van der Waals surface area contributed by atoms with E-state index in [9.17, 15) is 4.39 Å². The van der Waals surface area contributed by atoms with Crippen LogP contribution in [0.15, 0.2) is 24.3 Å². The van der Waals surface area contributed by atoms with Gasteiger partial charge >= 0.3 is 0 Å². The van der Waals surface area contributed by atoms with Crippen molar-refractivity contribution in [3.05, 3.63) is 35.6 Å². The van der Waals surface area contributed by atoms with Gasteiger partial charge in [0.05, 0.1) is 0 Å². The molecule has 0 amide bonds. The molecule has 1 heterocycles. The van der Waals surface area contributed by atoms with Crippen molar-refractivity contribution in [3.8, 4) is 0 Å². The van der Waals surface area contributed by atoms with E-state index >= 15 is 0 Å². The minimum absolute atomic E-state index is 0.0942. The van der Waals surface area contributed by atoms with E-state index in [1.54, 1.807) is 6.07 Å². The Morgan fingerprint density at radius 2 is 2.13 bits per heavy atom. The minimum atomic E-state index is -0.0942. The third-order valence-electron chi connectivity index (χ3n) is 3.01. The minimum Gasteiger partial charge on any atom is -0.314 e. The molecule has 3 heteroatoms. The van der Waals surface area contributed by atoms with Crippen LogP contribution in [0.3, 0.4) is 0 Å². The normalized spacial score (nSPS) is 16.7. The Morgan fingerprint density at radius 3 is 2.67 bits per heavy atom. The molecule has 0 unspecified atom stereocenters. The summed E-state index contributed by atoms with van der Waals surface area (Å²) in [6, 6.07) is 7.60. The monoisotopic (exact) mass is 208 g/mol. The van der Waals surface area contributed by atoms with Crippen molar-refractivity contribution in [2.24, 2.45) is 0 Å². The summed E-state index contributed by atoms with van der Waals surface area (Å²) in [7, 11) is 0. The summed E-state index contributed by atoms with van der Waals surface area (Å²) in [5.74, 6) is -0.0942. The molecule has 0 bridgehead atoms. The third kappa shape index (κ3) is 2.36. The zero-order valence-corrected chi connectivity index (χ0v) is 9.04. The van der Waals surface area contributed by atoms with Crippen LogP contribution in [0.5, 0.6) is 0 Å². The highest BCUT2D eigenvalue weighted by atomic mass is 19.1. The van der Waals surface area contributed by atoms with E-state index in [4.69, 9.17) is 0 Å². The highest BCUT2D eigenvalue weighted by Crippen LogP contribution is 2.13. The second kappa shape index (κ2) is 4.73. The molecule has 0 aliphatic carbocycles. The summed E-state index contributed by atoms with van der Waals surface area (Å²) in [6.07, 6.45) is 0. The molecule has 2 rings (SSSR count). The molecular formula is C12H17FN2. The summed E-state index contributed by atoms with van der Waals surface area (Å²) in [5.41, 5.74) is 0.797. The molecule has 1 N–H and O–H groups in total. The molecule has 0 aromatic heterocycles. The van der Waals surface area contributed by atoms with Crippen LogP contribution < -0.4 is 5.32 Å². The van der Waals surface area contributed by atoms with Crippen molar-refractivity contribution >= 4 is 0 Å². The molecule has 0 saturated carbocycles. The van der Waals surface area contributed by atoms with Crippen molar-refractivity contribution in [2.45, 2.75) is 19.5 Å². The lowest BCUT2D eigenvalue weighted by Crippen LogP contribution is -2.56. The Bertz CT molecular complexity index is 323. The van der Waals surface area contributed by atoms with E-state index in [0.29, 0.717) is 6.04 Å². The van der Waals surface area contributed by atoms with Crippen LogP contribution in [0.2, 0.25) is 0 Å². The van der Waals surface area contributed by atoms with E-state index in [2.05, 4.69) is 17.1 Å². The molecule has 82 valence electrons. The lowest BCUT2D eigenvalue weighted by atomic mass is 10.1. The van der Waals surface area contributed by atoms with Crippen LogP contribution in [-0.2, 0) is 6.54 Å². The van der Waals surface area contributed by atoms with E-state index in [1.165, 1.54) is 6.07 Å². The van der Waals surface area contributed by atoms with Gasteiger partial charge in [0.25, 0.3) is 0 Å². The maximum atomic E-state index is 13.4. The predicted molar refractivity (Wildman–Crippen MR) is 59.1 cm³/mol. The summed E-state index contributed by atoms with van der Waals surface area (Å²) in [4.78, 5) is 2.31. The molecule has 0 radical (unpaired) electrons. The molecule has 0 atom stereocenters. The lowest BCUT2D eigenvalue weighted by Gasteiger charge is -2.37. The van der Waals surface area contributed by atoms with Gasteiger partial charge in [0.1, 0.15) is 5.82 Å². The molecule has 0 spiro atoms. The van der Waals surface area contributed by atoms with E-state index < -0.39 is 0 Å². The first-order valence-corrected chi connectivity index (χ1v) is 5.49. The zero-order valence-electron chi connectivity index (χ0n) is 9.04. The summed E-state index contributed by atoms with van der Waals surface area (Å²) >= 11 is 0. The maximum Gasteiger partial charge on any atom is 0.127 e. The number of nitrogens with zero attached hydrogens (tertiary/aromatic N) is 1. The third-order valence-corrected chi connectivity index (χ3v) is 3.01. The molecule has 1 saturated heterocycles. The van der Waals surface area contributed by atoms with Crippen molar-refractivity contribution in [1.82, 2.24) is 10.2 Å². The summed E-state index contributed by atoms with van der Waals surface area (Å²) < 4.78 is 13.4. The van der Waals surface area contributed by atoms with Crippen molar-refractivity contribution in [3.63, 3.8) is 0 Å². The molecule has 2 nitrogen and oxygen atoms in total. The SMILES string of the molecule is CCN(Cc1ccccc1F)C1CNC1. The van der Waals surface area contributed by atoms with Crippen LogP contribution in [-0.4, -0.2) is 30.6 Å². The number of hydrogen-bond donors (Lipinski definition) is 1. The molecule has 1 fully saturated rings. The first kappa shape index (κ1) is 10.6. The number of hydrogen-bond acceptors (Lipinski definition) is 2. The Labute approximate surface area is 90.1 Å². The van der Waals surface area contributed by atoms with Crippen molar-refractivity contribution < 1.29 is 4.39 Å². The van der Waals surface area contributed by atoms with E-state index in [-0.39, 0.29) is 5.82 Å². The van der Waals surface area contributed by atoms with Gasteiger partial charge < -0.3 is 5.32 Å². The topological polar surface area (TPSA) is 15.3 Å². The van der Waals surface area contributed by atoms with Gasteiger partial charge in [0.2, 0.25) is 0 Å². The first-order chi connectivity index (χ1) is 7.31. The highest BCUT2D eigenvalue weighted by molar-refractivity contribution is 5.17. The number of benzene rings is 1. The molecular weight excluding hydrogens is 191 g/mol. The van der Waals surface area contributed by atoms with Crippen LogP contribution in [0, 0.1) is 5.82 Å². The van der Waals surface area contributed by atoms with E-state index in [1.807, 2.05) is 12.1 Å². The predicted octanol–water partition coefficient (Wildman–Crippen LogP) is 1.62. The molecule has 1 aliphatic rings. The second-order valence-corrected chi connectivity index (χ2v) is 3.97.